The number of aliphatic carboxylic acids is 1. The van der Waals surface area contributed by atoms with Crippen molar-refractivity contribution >= 4 is 11.9 Å². The molecule has 2 rings (SSSR count). The van der Waals surface area contributed by atoms with Crippen molar-refractivity contribution in [2.24, 2.45) is 5.92 Å². The summed E-state index contributed by atoms with van der Waals surface area (Å²) in [5, 5.41) is 11.8. The Morgan fingerprint density at radius 2 is 2.20 bits per heavy atom. The summed E-state index contributed by atoms with van der Waals surface area (Å²) in [5.41, 5.74) is 0.880. The zero-order valence-electron chi connectivity index (χ0n) is 14.9. The molecular weight excluding hydrogens is 324 g/mol. The molecule has 7 nitrogen and oxygen atoms in total. The van der Waals surface area contributed by atoms with E-state index in [0.717, 1.165) is 5.56 Å². The van der Waals surface area contributed by atoms with Gasteiger partial charge in [0.05, 0.1) is 20.1 Å². The zero-order chi connectivity index (χ0) is 18.4. The number of carboxylic acids is 1. The monoisotopic (exact) mass is 350 g/mol. The van der Waals surface area contributed by atoms with Crippen LogP contribution >= 0.6 is 0 Å². The van der Waals surface area contributed by atoms with Crippen LogP contribution in [-0.4, -0.2) is 54.7 Å². The number of benzene rings is 1. The van der Waals surface area contributed by atoms with E-state index >= 15 is 0 Å². The zero-order valence-corrected chi connectivity index (χ0v) is 14.9. The first kappa shape index (κ1) is 19.1. The lowest BCUT2D eigenvalue weighted by atomic mass is 10.1. The summed E-state index contributed by atoms with van der Waals surface area (Å²) in [6, 6.07) is 4.93. The molecule has 1 aliphatic heterocycles. The minimum absolute atomic E-state index is 0.224. The maximum absolute atomic E-state index is 12.1. The van der Waals surface area contributed by atoms with Crippen molar-refractivity contribution in [3.05, 3.63) is 23.8 Å². The number of para-hydroxylation sites is 1. The molecule has 0 bridgehead atoms. The minimum Gasteiger partial charge on any atom is -0.493 e. The van der Waals surface area contributed by atoms with E-state index in [9.17, 15) is 9.59 Å². The largest absolute Gasteiger partial charge is 0.493 e. The number of hydrogen-bond donors (Lipinski definition) is 2. The van der Waals surface area contributed by atoms with Crippen LogP contribution in [0.25, 0.3) is 0 Å². The van der Waals surface area contributed by atoms with Gasteiger partial charge in [0.2, 0.25) is 5.91 Å². The van der Waals surface area contributed by atoms with E-state index in [0.29, 0.717) is 43.7 Å². The highest BCUT2D eigenvalue weighted by Gasteiger charge is 2.32. The summed E-state index contributed by atoms with van der Waals surface area (Å²) in [4.78, 5) is 25.1. The van der Waals surface area contributed by atoms with E-state index in [2.05, 4.69) is 19.2 Å². The smallest absolute Gasteiger partial charge is 0.305 e. The Labute approximate surface area is 147 Å². The van der Waals surface area contributed by atoms with Crippen LogP contribution in [0.4, 0.5) is 0 Å². The lowest BCUT2D eigenvalue weighted by molar-refractivity contribution is -0.143. The first-order valence-electron chi connectivity index (χ1n) is 8.44. The number of nitrogens with one attached hydrogen (secondary N) is 1. The van der Waals surface area contributed by atoms with Crippen molar-refractivity contribution < 1.29 is 24.2 Å². The molecule has 0 radical (unpaired) electrons. The molecule has 0 spiro atoms. The van der Waals surface area contributed by atoms with Crippen molar-refractivity contribution in [1.82, 2.24) is 10.2 Å². The Balaban J connectivity index is 2.24. The van der Waals surface area contributed by atoms with Gasteiger partial charge in [-0.25, -0.2) is 0 Å². The fourth-order valence-electron chi connectivity index (χ4n) is 2.82. The molecule has 0 aromatic heterocycles. The van der Waals surface area contributed by atoms with E-state index in [-0.39, 0.29) is 12.3 Å². The number of carbonyl (C=O) groups excluding carboxylic acids is 1. The van der Waals surface area contributed by atoms with Crippen LogP contribution in [0.1, 0.15) is 25.8 Å². The van der Waals surface area contributed by atoms with Gasteiger partial charge in [-0.1, -0.05) is 26.0 Å². The predicted octanol–water partition coefficient (Wildman–Crippen LogP) is 1.51. The normalized spacial score (nSPS) is 18.1. The standard InChI is InChI=1S/C18H26N2O5/c1-12(2)11-25-17-13(5-4-6-15(17)24-3)10-20-8-7-19-18(23)14(20)9-16(21)22/h4-6,12,14H,7-11H2,1-3H3,(H,19,23)(H,21,22). The van der Waals surface area contributed by atoms with Gasteiger partial charge in [0.15, 0.2) is 11.5 Å². The summed E-state index contributed by atoms with van der Waals surface area (Å²) in [6.07, 6.45) is -0.224. The third kappa shape index (κ3) is 5.09. The molecule has 138 valence electrons. The van der Waals surface area contributed by atoms with Crippen LogP contribution in [0.3, 0.4) is 0 Å². The highest BCUT2D eigenvalue weighted by atomic mass is 16.5. The van der Waals surface area contributed by atoms with Gasteiger partial charge in [-0.05, 0) is 12.0 Å². The van der Waals surface area contributed by atoms with Gasteiger partial charge in [0.1, 0.15) is 6.04 Å². The number of ether oxygens (including phenoxy) is 2. The Morgan fingerprint density at radius 1 is 1.44 bits per heavy atom. The molecule has 7 heteroatoms. The summed E-state index contributed by atoms with van der Waals surface area (Å²) in [7, 11) is 1.59. The quantitative estimate of drug-likeness (QED) is 0.739. The first-order chi connectivity index (χ1) is 11.9. The number of rotatable bonds is 8. The average Bonchev–Trinajstić information content (AvgIpc) is 2.56. The number of amides is 1. The van der Waals surface area contributed by atoms with Crippen molar-refractivity contribution in [3.63, 3.8) is 0 Å². The number of methoxy groups -OCH3 is 1. The Kier molecular flexibility index (Phi) is 6.64. The van der Waals surface area contributed by atoms with E-state index < -0.39 is 12.0 Å². The maximum atomic E-state index is 12.1. The summed E-state index contributed by atoms with van der Waals surface area (Å²) >= 11 is 0. The van der Waals surface area contributed by atoms with E-state index in [1.54, 1.807) is 7.11 Å². The highest BCUT2D eigenvalue weighted by molar-refractivity contribution is 5.86. The molecule has 1 fully saturated rings. The second kappa shape index (κ2) is 8.71. The second-order valence-electron chi connectivity index (χ2n) is 6.53. The molecule has 25 heavy (non-hydrogen) atoms. The van der Waals surface area contributed by atoms with E-state index in [1.165, 1.54) is 0 Å². The molecule has 1 atom stereocenters. The Morgan fingerprint density at radius 3 is 2.84 bits per heavy atom. The van der Waals surface area contributed by atoms with E-state index in [4.69, 9.17) is 14.6 Å². The first-order valence-corrected chi connectivity index (χ1v) is 8.44. The fraction of sp³-hybridized carbons (Fsp3) is 0.556. The SMILES string of the molecule is COc1cccc(CN2CCNC(=O)C2CC(=O)O)c1OCC(C)C. The molecule has 0 aliphatic carbocycles. The second-order valence-corrected chi connectivity index (χ2v) is 6.53. The molecule has 1 aromatic carbocycles. The number of hydrogen-bond acceptors (Lipinski definition) is 5. The maximum Gasteiger partial charge on any atom is 0.305 e. The Hall–Kier alpha value is -2.28. The van der Waals surface area contributed by atoms with Gasteiger partial charge >= 0.3 is 5.97 Å². The fourth-order valence-corrected chi connectivity index (χ4v) is 2.82. The number of carboxylic acid groups (broad SMARTS) is 1. The van der Waals surface area contributed by atoms with Crippen molar-refractivity contribution in [2.75, 3.05) is 26.8 Å². The van der Waals surface area contributed by atoms with Crippen molar-refractivity contribution in [3.8, 4) is 11.5 Å². The predicted molar refractivity (Wildman–Crippen MR) is 92.8 cm³/mol. The molecular formula is C18H26N2O5. The van der Waals surface area contributed by atoms with Crippen LogP contribution in [-0.2, 0) is 16.1 Å². The molecule has 1 aromatic rings. The van der Waals surface area contributed by atoms with Gasteiger partial charge in [-0.3, -0.25) is 14.5 Å². The topological polar surface area (TPSA) is 88.1 Å². The van der Waals surface area contributed by atoms with Crippen molar-refractivity contribution in [1.29, 1.82) is 0 Å². The number of piperazine rings is 1. The van der Waals surface area contributed by atoms with Crippen LogP contribution < -0.4 is 14.8 Å². The third-order valence-electron chi connectivity index (χ3n) is 4.02. The molecule has 0 saturated carbocycles. The van der Waals surface area contributed by atoms with E-state index in [1.807, 2.05) is 23.1 Å². The molecule has 1 heterocycles. The average molecular weight is 350 g/mol. The van der Waals surface area contributed by atoms with Crippen LogP contribution in [0.15, 0.2) is 18.2 Å². The molecule has 1 unspecified atom stereocenters. The highest BCUT2D eigenvalue weighted by Crippen LogP contribution is 2.33. The van der Waals surface area contributed by atoms with Crippen LogP contribution in [0.2, 0.25) is 0 Å². The summed E-state index contributed by atoms with van der Waals surface area (Å²) < 4.78 is 11.3. The minimum atomic E-state index is -0.992. The summed E-state index contributed by atoms with van der Waals surface area (Å²) in [6.45, 7) is 6.19. The lowest BCUT2D eigenvalue weighted by Gasteiger charge is -2.34. The number of nitrogens with zero attached hydrogens (tertiary/aromatic N) is 1. The molecule has 1 saturated heterocycles. The molecule has 1 amide bonds. The Bertz CT molecular complexity index is 617. The van der Waals surface area contributed by atoms with Gasteiger partial charge in [-0.2, -0.15) is 0 Å². The van der Waals surface area contributed by atoms with Crippen LogP contribution in [0, 0.1) is 5.92 Å². The van der Waals surface area contributed by atoms with Gasteiger partial charge in [-0.15, -0.1) is 0 Å². The molecule has 2 N–H and O–H groups in total. The molecule has 1 aliphatic rings. The number of carbonyl (C=O) groups is 2. The van der Waals surface area contributed by atoms with Crippen molar-refractivity contribution in [2.45, 2.75) is 32.9 Å². The lowest BCUT2D eigenvalue weighted by Crippen LogP contribution is -2.55. The van der Waals surface area contributed by atoms with Gasteiger partial charge < -0.3 is 19.9 Å². The third-order valence-corrected chi connectivity index (χ3v) is 4.02. The van der Waals surface area contributed by atoms with Gasteiger partial charge in [0.25, 0.3) is 0 Å². The van der Waals surface area contributed by atoms with Crippen LogP contribution in [0.5, 0.6) is 11.5 Å². The summed E-state index contributed by atoms with van der Waals surface area (Å²) in [5.74, 6) is 0.404. The van der Waals surface area contributed by atoms with Gasteiger partial charge in [0, 0.05) is 25.2 Å².